The number of ether oxygens (including phenoxy) is 4. The van der Waals surface area contributed by atoms with E-state index >= 15 is 0 Å². The minimum atomic E-state index is 0.267. The van der Waals surface area contributed by atoms with Gasteiger partial charge in [0.1, 0.15) is 12.4 Å². The maximum Gasteiger partial charge on any atom is 0.231 e. The Morgan fingerprint density at radius 3 is 2.76 bits per heavy atom. The number of benzene rings is 1. The third kappa shape index (κ3) is 4.65. The quantitative estimate of drug-likeness (QED) is 0.589. The molecule has 0 atom stereocenters. The molecule has 0 aliphatic carbocycles. The summed E-state index contributed by atoms with van der Waals surface area (Å²) < 4.78 is 21.7. The molecule has 5 nitrogen and oxygen atoms in total. The fourth-order valence-electron chi connectivity index (χ4n) is 1.93. The summed E-state index contributed by atoms with van der Waals surface area (Å²) in [6.07, 6.45) is 2.05. The molecule has 1 aromatic rings. The van der Waals surface area contributed by atoms with Crippen molar-refractivity contribution in [3.63, 3.8) is 0 Å². The van der Waals surface area contributed by atoms with Gasteiger partial charge in [-0.05, 0) is 26.0 Å². The van der Waals surface area contributed by atoms with Crippen LogP contribution >= 0.6 is 0 Å². The highest BCUT2D eigenvalue weighted by molar-refractivity contribution is 5.51. The van der Waals surface area contributed by atoms with Gasteiger partial charge in [-0.3, -0.25) is 0 Å². The molecule has 0 radical (unpaired) electrons. The molecule has 0 aromatic heterocycles. The summed E-state index contributed by atoms with van der Waals surface area (Å²) in [4.78, 5) is 0. The molecule has 0 saturated carbocycles. The number of hydrogen-bond donors (Lipinski definition) is 1. The number of rotatable bonds is 8. The number of fused-ring (bicyclic) bond motifs is 1. The average molecular weight is 293 g/mol. The molecule has 21 heavy (non-hydrogen) atoms. The SMILES string of the molecule is COCCNCc1cc2c(cc1OCC=C(C)C)OCO2. The molecule has 1 aromatic carbocycles. The summed E-state index contributed by atoms with van der Waals surface area (Å²) in [5.41, 5.74) is 2.29. The Morgan fingerprint density at radius 1 is 1.29 bits per heavy atom. The van der Waals surface area contributed by atoms with Crippen molar-refractivity contribution in [1.29, 1.82) is 0 Å². The van der Waals surface area contributed by atoms with Crippen molar-refractivity contribution in [3.05, 3.63) is 29.3 Å². The van der Waals surface area contributed by atoms with Crippen LogP contribution in [0.3, 0.4) is 0 Å². The predicted molar refractivity (Wildman–Crippen MR) is 81.1 cm³/mol. The van der Waals surface area contributed by atoms with Crippen LogP contribution in [-0.2, 0) is 11.3 Å². The van der Waals surface area contributed by atoms with Crippen molar-refractivity contribution in [2.24, 2.45) is 0 Å². The lowest BCUT2D eigenvalue weighted by molar-refractivity contribution is 0.174. The van der Waals surface area contributed by atoms with Crippen molar-refractivity contribution < 1.29 is 18.9 Å². The first kappa shape index (κ1) is 15.7. The smallest absolute Gasteiger partial charge is 0.231 e. The van der Waals surface area contributed by atoms with Gasteiger partial charge in [0, 0.05) is 31.8 Å². The molecule has 1 aliphatic rings. The van der Waals surface area contributed by atoms with Crippen molar-refractivity contribution in [2.75, 3.05) is 33.7 Å². The van der Waals surface area contributed by atoms with Crippen LogP contribution in [0.4, 0.5) is 0 Å². The summed E-state index contributed by atoms with van der Waals surface area (Å²) >= 11 is 0. The van der Waals surface area contributed by atoms with E-state index in [-0.39, 0.29) is 6.79 Å². The second kappa shape index (κ2) is 7.90. The van der Waals surface area contributed by atoms with Gasteiger partial charge in [-0.2, -0.15) is 0 Å². The van der Waals surface area contributed by atoms with E-state index in [0.29, 0.717) is 19.8 Å². The second-order valence-electron chi connectivity index (χ2n) is 5.08. The predicted octanol–water partition coefficient (Wildman–Crippen LogP) is 2.50. The van der Waals surface area contributed by atoms with Gasteiger partial charge in [-0.25, -0.2) is 0 Å². The van der Waals surface area contributed by atoms with Crippen LogP contribution in [0.2, 0.25) is 0 Å². The molecule has 0 unspecified atom stereocenters. The number of methoxy groups -OCH3 is 1. The maximum atomic E-state index is 5.85. The van der Waals surface area contributed by atoms with Crippen LogP contribution in [0.25, 0.3) is 0 Å². The van der Waals surface area contributed by atoms with Crippen molar-refractivity contribution in [2.45, 2.75) is 20.4 Å². The molecule has 1 aliphatic heterocycles. The van der Waals surface area contributed by atoms with Crippen molar-refractivity contribution in [1.82, 2.24) is 5.32 Å². The van der Waals surface area contributed by atoms with Crippen LogP contribution in [0.1, 0.15) is 19.4 Å². The molecular weight excluding hydrogens is 270 g/mol. The lowest BCUT2D eigenvalue weighted by Gasteiger charge is -2.12. The normalized spacial score (nSPS) is 12.3. The van der Waals surface area contributed by atoms with Crippen molar-refractivity contribution in [3.8, 4) is 17.2 Å². The lowest BCUT2D eigenvalue weighted by atomic mass is 10.1. The molecule has 0 bridgehead atoms. The van der Waals surface area contributed by atoms with Crippen LogP contribution in [-0.4, -0.2) is 33.7 Å². The van der Waals surface area contributed by atoms with Crippen LogP contribution < -0.4 is 19.5 Å². The topological polar surface area (TPSA) is 49.0 Å². The zero-order chi connectivity index (χ0) is 15.1. The molecule has 116 valence electrons. The Morgan fingerprint density at radius 2 is 2.05 bits per heavy atom. The van der Waals surface area contributed by atoms with E-state index in [2.05, 4.69) is 19.2 Å². The van der Waals surface area contributed by atoms with E-state index in [9.17, 15) is 0 Å². The molecule has 1 N–H and O–H groups in total. The minimum Gasteiger partial charge on any atom is -0.489 e. The Bertz CT molecular complexity index is 495. The van der Waals surface area contributed by atoms with Gasteiger partial charge >= 0.3 is 0 Å². The fraction of sp³-hybridized carbons (Fsp3) is 0.500. The van der Waals surface area contributed by atoms with E-state index in [4.69, 9.17) is 18.9 Å². The molecule has 0 amide bonds. The Labute approximate surface area is 125 Å². The summed E-state index contributed by atoms with van der Waals surface area (Å²) in [6.45, 7) is 7.09. The Hall–Kier alpha value is -1.72. The third-order valence-corrected chi connectivity index (χ3v) is 3.08. The standard InChI is InChI=1S/C16H23NO4/c1-12(2)4-6-19-14-9-16-15(20-11-21-16)8-13(14)10-17-5-7-18-3/h4,8-9,17H,5-7,10-11H2,1-3H3. The van der Waals surface area contributed by atoms with Crippen molar-refractivity contribution >= 4 is 0 Å². The van der Waals surface area contributed by atoms with Crippen LogP contribution in [0.5, 0.6) is 17.2 Å². The lowest BCUT2D eigenvalue weighted by Crippen LogP contribution is -2.19. The molecule has 0 fully saturated rings. The molecule has 0 spiro atoms. The maximum absolute atomic E-state index is 5.85. The largest absolute Gasteiger partial charge is 0.489 e. The molecule has 0 saturated heterocycles. The monoisotopic (exact) mass is 293 g/mol. The first-order chi connectivity index (χ1) is 10.2. The van der Waals surface area contributed by atoms with E-state index in [1.807, 2.05) is 18.2 Å². The van der Waals surface area contributed by atoms with Gasteiger partial charge in [0.15, 0.2) is 11.5 Å². The Balaban J connectivity index is 2.06. The minimum absolute atomic E-state index is 0.267. The average Bonchev–Trinajstić information content (AvgIpc) is 2.90. The Kier molecular flexibility index (Phi) is 5.90. The zero-order valence-corrected chi connectivity index (χ0v) is 12.9. The number of hydrogen-bond acceptors (Lipinski definition) is 5. The highest BCUT2D eigenvalue weighted by atomic mass is 16.7. The summed E-state index contributed by atoms with van der Waals surface area (Å²) in [5, 5.41) is 3.32. The first-order valence-corrected chi connectivity index (χ1v) is 7.09. The van der Waals surface area contributed by atoms with Gasteiger partial charge in [0.05, 0.1) is 6.61 Å². The van der Waals surface area contributed by atoms with E-state index in [0.717, 1.165) is 29.4 Å². The fourth-order valence-corrected chi connectivity index (χ4v) is 1.93. The van der Waals surface area contributed by atoms with Gasteiger partial charge in [-0.15, -0.1) is 0 Å². The van der Waals surface area contributed by atoms with Crippen LogP contribution in [0.15, 0.2) is 23.8 Å². The van der Waals surface area contributed by atoms with E-state index < -0.39 is 0 Å². The highest BCUT2D eigenvalue weighted by Gasteiger charge is 2.17. The number of allylic oxidation sites excluding steroid dienone is 1. The van der Waals surface area contributed by atoms with E-state index in [1.54, 1.807) is 7.11 Å². The summed E-state index contributed by atoms with van der Waals surface area (Å²) in [7, 11) is 1.69. The molecule has 1 heterocycles. The van der Waals surface area contributed by atoms with Crippen LogP contribution in [0, 0.1) is 0 Å². The summed E-state index contributed by atoms with van der Waals surface area (Å²) in [5.74, 6) is 2.33. The second-order valence-corrected chi connectivity index (χ2v) is 5.08. The van der Waals surface area contributed by atoms with Gasteiger partial charge < -0.3 is 24.3 Å². The highest BCUT2D eigenvalue weighted by Crippen LogP contribution is 2.38. The van der Waals surface area contributed by atoms with Gasteiger partial charge in [0.2, 0.25) is 6.79 Å². The first-order valence-electron chi connectivity index (χ1n) is 7.09. The molecule has 2 rings (SSSR count). The summed E-state index contributed by atoms with van der Waals surface area (Å²) in [6, 6.07) is 3.87. The molecule has 5 heteroatoms. The molecular formula is C16H23NO4. The zero-order valence-electron chi connectivity index (χ0n) is 12.9. The van der Waals surface area contributed by atoms with Gasteiger partial charge in [-0.1, -0.05) is 5.57 Å². The van der Waals surface area contributed by atoms with E-state index in [1.165, 1.54) is 5.57 Å². The third-order valence-electron chi connectivity index (χ3n) is 3.08. The van der Waals surface area contributed by atoms with Gasteiger partial charge in [0.25, 0.3) is 0 Å². The number of nitrogens with one attached hydrogen (secondary N) is 1.